The normalized spacial score (nSPS) is 10.2. The van der Waals surface area contributed by atoms with Gasteiger partial charge in [0.05, 0.1) is 7.11 Å². The number of rotatable bonds is 9. The topological polar surface area (TPSA) is 50.4 Å². The molecule has 0 radical (unpaired) electrons. The van der Waals surface area contributed by atoms with E-state index in [1.807, 2.05) is 19.2 Å². The Morgan fingerprint density at radius 2 is 1.89 bits per heavy atom. The fourth-order valence-corrected chi connectivity index (χ4v) is 1.83. The lowest BCUT2D eigenvalue weighted by molar-refractivity contribution is -0.121. The first-order valence-corrected chi connectivity index (χ1v) is 6.80. The minimum atomic E-state index is 0.144. The van der Waals surface area contributed by atoms with Crippen LogP contribution in [0, 0.1) is 0 Å². The Labute approximate surface area is 115 Å². The van der Waals surface area contributed by atoms with Crippen LogP contribution in [0.1, 0.15) is 24.8 Å². The third-order valence-corrected chi connectivity index (χ3v) is 2.95. The molecule has 1 aromatic rings. The molecule has 4 heteroatoms. The summed E-state index contributed by atoms with van der Waals surface area (Å²) in [4.78, 5) is 11.5. The average molecular weight is 264 g/mol. The van der Waals surface area contributed by atoms with Gasteiger partial charge in [0.15, 0.2) is 0 Å². The molecular weight excluding hydrogens is 240 g/mol. The van der Waals surface area contributed by atoms with Crippen LogP contribution in [0.4, 0.5) is 0 Å². The molecule has 0 saturated heterocycles. The second-order valence-electron chi connectivity index (χ2n) is 4.51. The van der Waals surface area contributed by atoms with Crippen LogP contribution in [-0.4, -0.2) is 33.2 Å². The van der Waals surface area contributed by atoms with Crippen molar-refractivity contribution in [3.63, 3.8) is 0 Å². The highest BCUT2D eigenvalue weighted by atomic mass is 16.5. The highest BCUT2D eigenvalue weighted by molar-refractivity contribution is 5.75. The van der Waals surface area contributed by atoms with Crippen LogP contribution in [0.2, 0.25) is 0 Å². The first-order valence-electron chi connectivity index (χ1n) is 6.80. The number of nitrogens with one attached hydrogen (secondary N) is 2. The van der Waals surface area contributed by atoms with Crippen molar-refractivity contribution in [1.82, 2.24) is 10.6 Å². The van der Waals surface area contributed by atoms with E-state index in [1.165, 1.54) is 5.56 Å². The van der Waals surface area contributed by atoms with Crippen molar-refractivity contribution in [3.8, 4) is 5.75 Å². The smallest absolute Gasteiger partial charge is 0.220 e. The van der Waals surface area contributed by atoms with E-state index >= 15 is 0 Å². The van der Waals surface area contributed by atoms with Crippen molar-refractivity contribution < 1.29 is 9.53 Å². The van der Waals surface area contributed by atoms with E-state index < -0.39 is 0 Å². The third kappa shape index (κ3) is 6.82. The number of carbonyl (C=O) groups excluding carboxylic acids is 1. The van der Waals surface area contributed by atoms with Gasteiger partial charge >= 0.3 is 0 Å². The Morgan fingerprint density at radius 3 is 2.53 bits per heavy atom. The summed E-state index contributed by atoms with van der Waals surface area (Å²) >= 11 is 0. The van der Waals surface area contributed by atoms with Crippen LogP contribution in [0.5, 0.6) is 5.75 Å². The van der Waals surface area contributed by atoms with Crippen LogP contribution in [-0.2, 0) is 11.2 Å². The first-order chi connectivity index (χ1) is 9.26. The highest BCUT2D eigenvalue weighted by Gasteiger charge is 2.00. The Kier molecular flexibility index (Phi) is 7.66. The molecular formula is C15H24N2O2. The molecule has 0 atom stereocenters. The lowest BCUT2D eigenvalue weighted by atomic mass is 10.1. The molecule has 0 unspecified atom stereocenters. The lowest BCUT2D eigenvalue weighted by Crippen LogP contribution is -2.25. The zero-order valence-electron chi connectivity index (χ0n) is 11.9. The van der Waals surface area contributed by atoms with Gasteiger partial charge in [0, 0.05) is 13.0 Å². The largest absolute Gasteiger partial charge is 0.497 e. The van der Waals surface area contributed by atoms with Gasteiger partial charge in [-0.05, 0) is 50.6 Å². The van der Waals surface area contributed by atoms with Crippen molar-refractivity contribution in [1.29, 1.82) is 0 Å². The van der Waals surface area contributed by atoms with Crippen molar-refractivity contribution in [2.75, 3.05) is 27.2 Å². The fourth-order valence-electron chi connectivity index (χ4n) is 1.83. The molecule has 1 aromatic carbocycles. The standard InChI is InChI=1S/C15H24N2O2/c1-16-11-4-6-15(18)17-12-3-5-13-7-9-14(19-2)10-8-13/h7-10,16H,3-6,11-12H2,1-2H3,(H,17,18). The highest BCUT2D eigenvalue weighted by Crippen LogP contribution is 2.12. The molecule has 0 fully saturated rings. The fraction of sp³-hybridized carbons (Fsp3) is 0.533. The summed E-state index contributed by atoms with van der Waals surface area (Å²) in [5, 5.41) is 5.97. The SMILES string of the molecule is CNCCCC(=O)NCCCc1ccc(OC)cc1. The molecule has 0 bridgehead atoms. The minimum absolute atomic E-state index is 0.144. The van der Waals surface area contributed by atoms with E-state index in [4.69, 9.17) is 4.74 Å². The first kappa shape index (κ1) is 15.5. The second kappa shape index (κ2) is 9.39. The van der Waals surface area contributed by atoms with Gasteiger partial charge in [-0.15, -0.1) is 0 Å². The summed E-state index contributed by atoms with van der Waals surface area (Å²) in [7, 11) is 3.56. The van der Waals surface area contributed by atoms with Gasteiger partial charge in [0.25, 0.3) is 0 Å². The number of amides is 1. The molecule has 0 saturated carbocycles. The molecule has 1 amide bonds. The van der Waals surface area contributed by atoms with E-state index in [0.29, 0.717) is 6.42 Å². The Morgan fingerprint density at radius 1 is 1.16 bits per heavy atom. The van der Waals surface area contributed by atoms with Crippen molar-refractivity contribution in [3.05, 3.63) is 29.8 Å². The molecule has 0 spiro atoms. The predicted molar refractivity (Wildman–Crippen MR) is 77.5 cm³/mol. The molecule has 0 aliphatic heterocycles. The molecule has 0 heterocycles. The predicted octanol–water partition coefficient (Wildman–Crippen LogP) is 1.74. The summed E-state index contributed by atoms with van der Waals surface area (Å²) in [6.07, 6.45) is 3.43. The zero-order chi connectivity index (χ0) is 13.9. The summed E-state index contributed by atoms with van der Waals surface area (Å²) in [6.45, 7) is 1.63. The molecule has 2 N–H and O–H groups in total. The number of hydrogen-bond acceptors (Lipinski definition) is 3. The maximum Gasteiger partial charge on any atom is 0.220 e. The second-order valence-corrected chi connectivity index (χ2v) is 4.51. The summed E-state index contributed by atoms with van der Waals surface area (Å²) < 4.78 is 5.11. The lowest BCUT2D eigenvalue weighted by Gasteiger charge is -2.06. The Hall–Kier alpha value is -1.55. The number of hydrogen-bond donors (Lipinski definition) is 2. The number of ether oxygens (including phenoxy) is 1. The van der Waals surface area contributed by atoms with E-state index in [9.17, 15) is 4.79 Å². The van der Waals surface area contributed by atoms with Crippen LogP contribution in [0.25, 0.3) is 0 Å². The van der Waals surface area contributed by atoms with Crippen LogP contribution in [0.15, 0.2) is 24.3 Å². The molecule has 0 aliphatic rings. The monoisotopic (exact) mass is 264 g/mol. The average Bonchev–Trinajstić information content (AvgIpc) is 2.44. The van der Waals surface area contributed by atoms with Crippen LogP contribution in [0.3, 0.4) is 0 Å². The van der Waals surface area contributed by atoms with E-state index in [-0.39, 0.29) is 5.91 Å². The van der Waals surface area contributed by atoms with Crippen molar-refractivity contribution >= 4 is 5.91 Å². The van der Waals surface area contributed by atoms with Gasteiger partial charge in [-0.2, -0.15) is 0 Å². The number of methoxy groups -OCH3 is 1. The van der Waals surface area contributed by atoms with Crippen LogP contribution >= 0.6 is 0 Å². The van der Waals surface area contributed by atoms with Crippen molar-refractivity contribution in [2.24, 2.45) is 0 Å². The number of benzene rings is 1. The number of carbonyl (C=O) groups is 1. The maximum absolute atomic E-state index is 11.5. The van der Waals surface area contributed by atoms with Gasteiger partial charge in [-0.1, -0.05) is 12.1 Å². The van der Waals surface area contributed by atoms with Gasteiger partial charge in [0.2, 0.25) is 5.91 Å². The van der Waals surface area contributed by atoms with Gasteiger partial charge in [-0.25, -0.2) is 0 Å². The third-order valence-electron chi connectivity index (χ3n) is 2.95. The van der Waals surface area contributed by atoms with Gasteiger partial charge in [0.1, 0.15) is 5.75 Å². The Bertz CT molecular complexity index is 363. The minimum Gasteiger partial charge on any atom is -0.497 e. The molecule has 19 heavy (non-hydrogen) atoms. The molecule has 1 rings (SSSR count). The molecule has 0 aliphatic carbocycles. The van der Waals surface area contributed by atoms with Crippen LogP contribution < -0.4 is 15.4 Å². The van der Waals surface area contributed by atoms with E-state index in [1.54, 1.807) is 7.11 Å². The quantitative estimate of drug-likeness (QED) is 0.668. The maximum atomic E-state index is 11.5. The Balaban J connectivity index is 2.11. The van der Waals surface area contributed by atoms with Gasteiger partial charge < -0.3 is 15.4 Å². The summed E-state index contributed by atoms with van der Waals surface area (Å²) in [5.41, 5.74) is 1.27. The molecule has 106 valence electrons. The van der Waals surface area contributed by atoms with Gasteiger partial charge in [-0.3, -0.25) is 4.79 Å². The molecule has 4 nitrogen and oxygen atoms in total. The van der Waals surface area contributed by atoms with E-state index in [2.05, 4.69) is 22.8 Å². The molecule has 0 aromatic heterocycles. The van der Waals surface area contributed by atoms with Crippen molar-refractivity contribution in [2.45, 2.75) is 25.7 Å². The summed E-state index contributed by atoms with van der Waals surface area (Å²) in [6, 6.07) is 8.05. The van der Waals surface area contributed by atoms with E-state index in [0.717, 1.165) is 38.1 Å². The zero-order valence-corrected chi connectivity index (χ0v) is 11.9. The number of aryl methyl sites for hydroxylation is 1. The summed E-state index contributed by atoms with van der Waals surface area (Å²) in [5.74, 6) is 1.02.